The number of ether oxygens (including phenoxy) is 2. The van der Waals surface area contributed by atoms with Gasteiger partial charge in [-0.2, -0.15) is 43.9 Å². The van der Waals surface area contributed by atoms with Crippen LogP contribution in [-0.4, -0.2) is 116 Å². The standard InChI is InChI=1S/C41H49F12N9O7/c1-38(2,40(48,49)50)30(59-36(66)68-5)32(64)58-28(13-20-7-9-21(10-8-20)23(16-54)17-57-35(46)47)29(63)19-62(61-33(65)31(60-37(67)69-6)39(3,4)41(51,52)53)18-24-25(42)14-22(15-26(24)43)27(55)11-12-56-34(44)45/h7-12,14-17,28-31,34-35,54-57,63H,13,18-19H2,1-6H3,(H,58,64)(H,59,66)(H,60,67)(H,61,65)/b12-11-,23-17+,54-16?,55-27?/t28-,29-,30?,31+/m0/s1. The molecule has 2 aromatic rings. The lowest BCUT2D eigenvalue weighted by atomic mass is 9.82. The maximum absolute atomic E-state index is 15.8. The second kappa shape index (κ2) is 24.6. The number of nitrogens with one attached hydrogen (secondary N) is 8. The molecule has 69 heavy (non-hydrogen) atoms. The number of nitrogens with zero attached hydrogens (tertiary/aromatic N) is 1. The zero-order valence-corrected chi connectivity index (χ0v) is 37.2. The molecule has 16 nitrogen and oxygen atoms in total. The van der Waals surface area contributed by atoms with Gasteiger partial charge in [0.25, 0.3) is 5.91 Å². The van der Waals surface area contributed by atoms with E-state index in [-0.39, 0.29) is 16.7 Å². The highest BCUT2D eigenvalue weighted by Gasteiger charge is 2.57. The van der Waals surface area contributed by atoms with E-state index in [1.165, 1.54) is 29.6 Å². The number of amides is 4. The van der Waals surface area contributed by atoms with Crippen molar-refractivity contribution >= 4 is 41.5 Å². The van der Waals surface area contributed by atoms with Gasteiger partial charge < -0.3 is 52.0 Å². The molecule has 0 aliphatic rings. The Labute approximate surface area is 386 Å². The molecule has 1 unspecified atom stereocenters. The molecule has 0 spiro atoms. The van der Waals surface area contributed by atoms with Crippen molar-refractivity contribution in [3.63, 3.8) is 0 Å². The Bertz CT molecular complexity index is 2170. The van der Waals surface area contributed by atoms with Crippen LogP contribution in [0, 0.1) is 33.3 Å². The smallest absolute Gasteiger partial charge is 0.407 e. The predicted octanol–water partition coefficient (Wildman–Crippen LogP) is 6.01. The fraction of sp³-hybridized carbons (Fsp3) is 0.463. The zero-order chi connectivity index (χ0) is 52.8. The van der Waals surface area contributed by atoms with Crippen molar-refractivity contribution in [1.29, 1.82) is 10.8 Å². The number of benzene rings is 2. The quantitative estimate of drug-likeness (QED) is 0.0273. The molecule has 4 atom stereocenters. The van der Waals surface area contributed by atoms with Gasteiger partial charge in [-0.15, -0.1) is 0 Å². The summed E-state index contributed by atoms with van der Waals surface area (Å²) in [4.78, 5) is 52.1. The van der Waals surface area contributed by atoms with Crippen LogP contribution in [0.4, 0.5) is 62.3 Å². The summed E-state index contributed by atoms with van der Waals surface area (Å²) in [5.41, 5.74) is -6.43. The van der Waals surface area contributed by atoms with Crippen LogP contribution in [0.1, 0.15) is 49.9 Å². The molecule has 0 aromatic heterocycles. The fourth-order valence-corrected chi connectivity index (χ4v) is 5.95. The highest BCUT2D eigenvalue weighted by Crippen LogP contribution is 2.42. The van der Waals surface area contributed by atoms with Crippen molar-refractivity contribution in [2.75, 3.05) is 20.8 Å². The number of aliphatic hydroxyl groups is 1. The molecule has 2 rings (SSSR count). The summed E-state index contributed by atoms with van der Waals surface area (Å²) in [5, 5.41) is 36.7. The van der Waals surface area contributed by atoms with Crippen molar-refractivity contribution in [2.45, 2.75) is 90.3 Å². The van der Waals surface area contributed by atoms with E-state index in [0.29, 0.717) is 63.3 Å². The summed E-state index contributed by atoms with van der Waals surface area (Å²) in [7, 11) is 1.51. The van der Waals surface area contributed by atoms with Crippen molar-refractivity contribution in [3.05, 3.63) is 88.8 Å². The molecular weight excluding hydrogens is 958 g/mol. The van der Waals surface area contributed by atoms with Gasteiger partial charge >= 0.3 is 37.6 Å². The van der Waals surface area contributed by atoms with E-state index >= 15 is 8.78 Å². The fourth-order valence-electron chi connectivity index (χ4n) is 5.95. The third kappa shape index (κ3) is 16.6. The summed E-state index contributed by atoms with van der Waals surface area (Å²) in [6, 6.07) is -0.912. The highest BCUT2D eigenvalue weighted by atomic mass is 19.4. The molecule has 0 saturated carbocycles. The first kappa shape index (κ1) is 58.5. The van der Waals surface area contributed by atoms with Crippen molar-refractivity contribution < 1.29 is 86.4 Å². The van der Waals surface area contributed by atoms with Crippen LogP contribution in [-0.2, 0) is 32.0 Å². The molecule has 4 amide bonds. The van der Waals surface area contributed by atoms with E-state index in [9.17, 15) is 68.2 Å². The first-order valence-corrected chi connectivity index (χ1v) is 19.8. The SMILES string of the molecule is COC(=O)NC(C(=O)N[C@@H](Cc1ccc(/C(C=N)=C/NC(F)F)cc1)[C@@H](O)CN(Cc1c(F)cc(C(=N)/C=C\NC(F)F)cc1F)NC(=O)[C@@H](NC(=O)OC)C(C)(C)C(F)(F)F)C(C)(C)C(F)(F)F. The number of allylic oxidation sites excluding steroid dienone is 2. The Morgan fingerprint density at radius 1 is 0.754 bits per heavy atom. The van der Waals surface area contributed by atoms with Crippen LogP contribution in [0.25, 0.3) is 5.57 Å². The number of aliphatic hydroxyl groups excluding tert-OH is 1. The van der Waals surface area contributed by atoms with Gasteiger partial charge in [0.15, 0.2) is 0 Å². The first-order valence-electron chi connectivity index (χ1n) is 19.8. The van der Waals surface area contributed by atoms with Crippen LogP contribution >= 0.6 is 0 Å². The van der Waals surface area contributed by atoms with Crippen molar-refractivity contribution in [2.24, 2.45) is 10.8 Å². The number of hydrazine groups is 1. The van der Waals surface area contributed by atoms with E-state index in [1.54, 1.807) is 16.0 Å². The molecule has 0 heterocycles. The summed E-state index contributed by atoms with van der Waals surface area (Å²) >= 11 is 0. The molecule has 0 aliphatic carbocycles. The molecule has 0 aliphatic heterocycles. The monoisotopic (exact) mass is 1010 g/mol. The van der Waals surface area contributed by atoms with Gasteiger partial charge in [-0.05, 0) is 63.5 Å². The number of rotatable bonds is 23. The third-order valence-corrected chi connectivity index (χ3v) is 10.3. The number of hydrogen-bond donors (Lipinski definition) is 9. The Kier molecular flexibility index (Phi) is 20.9. The Balaban J connectivity index is 2.85. The Morgan fingerprint density at radius 3 is 1.67 bits per heavy atom. The van der Waals surface area contributed by atoms with Gasteiger partial charge in [0, 0.05) is 48.4 Å². The summed E-state index contributed by atoms with van der Waals surface area (Å²) in [6.07, 6.45) is -13.6. The average molecular weight is 1010 g/mol. The van der Waals surface area contributed by atoms with E-state index < -0.39 is 132 Å². The molecule has 28 heteroatoms. The molecule has 2 aromatic carbocycles. The molecule has 384 valence electrons. The topological polar surface area (TPSA) is 230 Å². The third-order valence-electron chi connectivity index (χ3n) is 10.3. The molecule has 0 bridgehead atoms. The van der Waals surface area contributed by atoms with Gasteiger partial charge in [-0.25, -0.2) is 23.4 Å². The molecule has 0 radical (unpaired) electrons. The maximum Gasteiger partial charge on any atom is 0.407 e. The largest absolute Gasteiger partial charge is 0.453 e. The van der Waals surface area contributed by atoms with E-state index in [0.717, 1.165) is 20.4 Å². The zero-order valence-electron chi connectivity index (χ0n) is 37.2. The van der Waals surface area contributed by atoms with Crippen LogP contribution in [0.2, 0.25) is 0 Å². The Morgan fingerprint density at radius 2 is 1.23 bits per heavy atom. The lowest BCUT2D eigenvalue weighted by Crippen LogP contribution is -2.63. The van der Waals surface area contributed by atoms with Crippen LogP contribution < -0.4 is 32.0 Å². The minimum Gasteiger partial charge on any atom is -0.453 e. The van der Waals surface area contributed by atoms with Crippen molar-refractivity contribution in [1.82, 2.24) is 37.0 Å². The molecular formula is C41H49F12N9O7. The number of halogens is 12. The number of hydrogen-bond acceptors (Lipinski definition) is 12. The van der Waals surface area contributed by atoms with Crippen molar-refractivity contribution in [3.8, 4) is 0 Å². The summed E-state index contributed by atoms with van der Waals surface area (Å²) < 4.78 is 177. The lowest BCUT2D eigenvalue weighted by molar-refractivity contribution is -0.221. The van der Waals surface area contributed by atoms with Gasteiger partial charge in [0.05, 0.1) is 42.9 Å². The number of alkyl carbamates (subject to hydrolysis) is 2. The maximum atomic E-state index is 15.8. The van der Waals surface area contributed by atoms with Crippen LogP contribution in [0.5, 0.6) is 0 Å². The number of carbonyl (C=O) groups excluding carboxylic acids is 4. The Hall–Kier alpha value is -6.58. The second-order valence-corrected chi connectivity index (χ2v) is 15.9. The number of methoxy groups -OCH3 is 2. The molecule has 0 saturated heterocycles. The predicted molar refractivity (Wildman–Crippen MR) is 222 cm³/mol. The van der Waals surface area contributed by atoms with Crippen LogP contribution in [0.15, 0.2) is 54.9 Å². The minimum absolute atomic E-state index is 0.0810. The number of carbonyl (C=O) groups is 4. The van der Waals surface area contributed by atoms with Crippen LogP contribution in [0.3, 0.4) is 0 Å². The minimum atomic E-state index is -5.27. The van der Waals surface area contributed by atoms with Gasteiger partial charge in [-0.3, -0.25) is 15.0 Å². The first-order chi connectivity index (χ1) is 31.8. The van der Waals surface area contributed by atoms with E-state index in [1.807, 2.05) is 5.43 Å². The normalized spacial score (nSPS) is 14.4. The molecule has 9 N–H and O–H groups in total. The van der Waals surface area contributed by atoms with Gasteiger partial charge in [0.2, 0.25) is 5.91 Å². The number of alkyl halides is 10. The van der Waals surface area contributed by atoms with E-state index in [4.69, 9.17) is 10.8 Å². The van der Waals surface area contributed by atoms with E-state index in [2.05, 4.69) is 14.8 Å². The molecule has 0 fully saturated rings. The summed E-state index contributed by atoms with van der Waals surface area (Å²) in [5.74, 6) is -6.42. The highest BCUT2D eigenvalue weighted by molar-refractivity contribution is 6.08. The van der Waals surface area contributed by atoms with Gasteiger partial charge in [-0.1, -0.05) is 24.3 Å². The average Bonchev–Trinajstić information content (AvgIpc) is 3.24. The lowest BCUT2D eigenvalue weighted by Gasteiger charge is -2.38. The second-order valence-electron chi connectivity index (χ2n) is 15.9. The summed E-state index contributed by atoms with van der Waals surface area (Å²) in [6.45, 7) is -6.51. The van der Waals surface area contributed by atoms with Gasteiger partial charge in [0.1, 0.15) is 23.7 Å².